The normalized spacial score (nSPS) is 10.1. The van der Waals surface area contributed by atoms with Crippen molar-refractivity contribution < 1.29 is 9.53 Å². The largest absolute Gasteiger partial charge is 0.493 e. The van der Waals surface area contributed by atoms with Gasteiger partial charge < -0.3 is 15.8 Å². The highest BCUT2D eigenvalue weighted by molar-refractivity contribution is 5.75. The zero-order valence-corrected chi connectivity index (χ0v) is 10.9. The van der Waals surface area contributed by atoms with Crippen LogP contribution in [-0.4, -0.2) is 19.1 Å². The average Bonchev–Trinajstić information content (AvgIpc) is 2.37. The number of nitrogen functional groups attached to an aromatic ring is 1. The van der Waals surface area contributed by atoms with Gasteiger partial charge in [0.2, 0.25) is 5.91 Å². The monoisotopic (exact) mass is 250 g/mol. The van der Waals surface area contributed by atoms with Crippen LogP contribution in [0.25, 0.3) is 0 Å². The van der Waals surface area contributed by atoms with E-state index in [4.69, 9.17) is 10.5 Å². The van der Waals surface area contributed by atoms with Crippen LogP contribution in [0.2, 0.25) is 0 Å². The molecule has 0 atom stereocenters. The van der Waals surface area contributed by atoms with Crippen molar-refractivity contribution in [3.63, 3.8) is 0 Å². The Kier molecular flexibility index (Phi) is 6.69. The molecule has 1 rings (SSSR count). The summed E-state index contributed by atoms with van der Waals surface area (Å²) in [5, 5.41) is 2.87. The molecule has 0 aromatic heterocycles. The lowest BCUT2D eigenvalue weighted by atomic mass is 10.2. The molecule has 0 aliphatic heterocycles. The molecular formula is C14H22N2O2. The zero-order valence-electron chi connectivity index (χ0n) is 10.9. The van der Waals surface area contributed by atoms with E-state index in [2.05, 4.69) is 12.2 Å². The Morgan fingerprint density at radius 3 is 2.67 bits per heavy atom. The Labute approximate surface area is 109 Å². The lowest BCUT2D eigenvalue weighted by Crippen LogP contribution is -2.25. The lowest BCUT2D eigenvalue weighted by Gasteiger charge is -2.07. The predicted molar refractivity (Wildman–Crippen MR) is 73.5 cm³/mol. The number of benzene rings is 1. The third-order valence-corrected chi connectivity index (χ3v) is 2.58. The Hall–Kier alpha value is -1.71. The number of anilines is 1. The van der Waals surface area contributed by atoms with E-state index in [1.165, 1.54) is 0 Å². The number of ether oxygens (including phenoxy) is 1. The van der Waals surface area contributed by atoms with Gasteiger partial charge in [-0.15, -0.1) is 0 Å². The van der Waals surface area contributed by atoms with Crippen LogP contribution in [0.15, 0.2) is 24.3 Å². The summed E-state index contributed by atoms with van der Waals surface area (Å²) in [5.41, 5.74) is 6.27. The van der Waals surface area contributed by atoms with Crippen molar-refractivity contribution in [1.29, 1.82) is 0 Å². The highest BCUT2D eigenvalue weighted by Crippen LogP contribution is 2.12. The smallest absolute Gasteiger partial charge is 0.223 e. The number of nitrogens with two attached hydrogens (primary N) is 1. The Balaban J connectivity index is 2.10. The van der Waals surface area contributed by atoms with E-state index in [9.17, 15) is 4.79 Å². The summed E-state index contributed by atoms with van der Waals surface area (Å²) in [7, 11) is 0. The average molecular weight is 250 g/mol. The zero-order chi connectivity index (χ0) is 13.2. The van der Waals surface area contributed by atoms with Gasteiger partial charge in [0.05, 0.1) is 13.0 Å². The van der Waals surface area contributed by atoms with Crippen LogP contribution in [0.5, 0.6) is 5.75 Å². The molecule has 0 aliphatic carbocycles. The van der Waals surface area contributed by atoms with Crippen molar-refractivity contribution in [3.8, 4) is 5.75 Å². The first-order chi connectivity index (χ1) is 8.72. The maximum absolute atomic E-state index is 11.4. The Morgan fingerprint density at radius 1 is 1.28 bits per heavy atom. The van der Waals surface area contributed by atoms with Crippen molar-refractivity contribution >= 4 is 11.6 Å². The van der Waals surface area contributed by atoms with Gasteiger partial charge in [0, 0.05) is 12.2 Å². The van der Waals surface area contributed by atoms with Crippen molar-refractivity contribution in [2.75, 3.05) is 18.9 Å². The molecule has 3 N–H and O–H groups in total. The summed E-state index contributed by atoms with van der Waals surface area (Å²) >= 11 is 0. The third-order valence-electron chi connectivity index (χ3n) is 2.58. The Morgan fingerprint density at radius 2 is 2.00 bits per heavy atom. The first-order valence-corrected chi connectivity index (χ1v) is 6.47. The maximum Gasteiger partial charge on any atom is 0.223 e. The van der Waals surface area contributed by atoms with E-state index in [-0.39, 0.29) is 5.91 Å². The quantitative estimate of drug-likeness (QED) is 0.550. The molecule has 0 fully saturated rings. The van der Waals surface area contributed by atoms with Crippen molar-refractivity contribution in [1.82, 2.24) is 5.32 Å². The Bertz CT molecular complexity index is 349. The van der Waals surface area contributed by atoms with E-state index in [1.807, 2.05) is 0 Å². The number of carbonyl (C=O) groups is 1. The van der Waals surface area contributed by atoms with Gasteiger partial charge in [0.25, 0.3) is 0 Å². The van der Waals surface area contributed by atoms with Crippen LogP contribution in [0.4, 0.5) is 5.69 Å². The summed E-state index contributed by atoms with van der Waals surface area (Å²) in [5.74, 6) is 0.782. The second kappa shape index (κ2) is 8.39. The topological polar surface area (TPSA) is 64.3 Å². The molecule has 0 saturated carbocycles. The summed E-state index contributed by atoms with van der Waals surface area (Å²) in [6.45, 7) is 3.29. The molecular weight excluding hydrogens is 228 g/mol. The first kappa shape index (κ1) is 14.4. The number of unbranched alkanes of at least 4 members (excludes halogenated alkanes) is 2. The first-order valence-electron chi connectivity index (χ1n) is 6.47. The van der Waals surface area contributed by atoms with E-state index in [0.717, 1.165) is 31.6 Å². The number of rotatable bonds is 8. The van der Waals surface area contributed by atoms with Crippen LogP contribution >= 0.6 is 0 Å². The van der Waals surface area contributed by atoms with Gasteiger partial charge in [0.15, 0.2) is 0 Å². The molecule has 1 amide bonds. The van der Waals surface area contributed by atoms with Crippen molar-refractivity contribution in [2.24, 2.45) is 0 Å². The van der Waals surface area contributed by atoms with E-state index >= 15 is 0 Å². The fourth-order valence-electron chi connectivity index (χ4n) is 1.52. The molecule has 1 aromatic carbocycles. The fourth-order valence-corrected chi connectivity index (χ4v) is 1.52. The molecule has 4 heteroatoms. The molecule has 0 radical (unpaired) electrons. The SMILES string of the molecule is CCCCCNC(=O)CCOc1ccc(N)cc1. The number of carbonyl (C=O) groups excluding carboxylic acids is 1. The van der Waals surface area contributed by atoms with Gasteiger partial charge in [-0.2, -0.15) is 0 Å². The second-order valence-corrected chi connectivity index (χ2v) is 4.22. The van der Waals surface area contributed by atoms with Gasteiger partial charge in [-0.25, -0.2) is 0 Å². The summed E-state index contributed by atoms with van der Waals surface area (Å²) < 4.78 is 5.44. The molecule has 1 aromatic rings. The van der Waals surface area contributed by atoms with E-state index in [1.54, 1.807) is 24.3 Å². The fraction of sp³-hybridized carbons (Fsp3) is 0.500. The molecule has 0 aliphatic rings. The summed E-state index contributed by atoms with van der Waals surface area (Å²) in [4.78, 5) is 11.4. The number of nitrogens with one attached hydrogen (secondary N) is 1. The van der Waals surface area contributed by atoms with Gasteiger partial charge in [0.1, 0.15) is 5.75 Å². The molecule has 0 saturated heterocycles. The van der Waals surface area contributed by atoms with Gasteiger partial charge in [-0.3, -0.25) is 4.79 Å². The third kappa shape index (κ3) is 6.13. The highest BCUT2D eigenvalue weighted by atomic mass is 16.5. The van der Waals surface area contributed by atoms with Crippen LogP contribution in [0.3, 0.4) is 0 Å². The van der Waals surface area contributed by atoms with Crippen LogP contribution in [0.1, 0.15) is 32.6 Å². The van der Waals surface area contributed by atoms with Crippen molar-refractivity contribution in [3.05, 3.63) is 24.3 Å². The number of amides is 1. The molecule has 0 heterocycles. The molecule has 100 valence electrons. The summed E-state index contributed by atoms with van der Waals surface area (Å²) in [6, 6.07) is 7.16. The minimum atomic E-state index is 0.0431. The minimum absolute atomic E-state index is 0.0431. The van der Waals surface area contributed by atoms with Crippen molar-refractivity contribution in [2.45, 2.75) is 32.6 Å². The molecule has 0 spiro atoms. The number of hydrogen-bond acceptors (Lipinski definition) is 3. The van der Waals surface area contributed by atoms with Crippen LogP contribution in [0, 0.1) is 0 Å². The molecule has 0 unspecified atom stereocenters. The van der Waals surface area contributed by atoms with Gasteiger partial charge >= 0.3 is 0 Å². The maximum atomic E-state index is 11.4. The van der Waals surface area contributed by atoms with Crippen LogP contribution in [-0.2, 0) is 4.79 Å². The van der Waals surface area contributed by atoms with Crippen LogP contribution < -0.4 is 15.8 Å². The van der Waals surface area contributed by atoms with E-state index < -0.39 is 0 Å². The predicted octanol–water partition coefficient (Wildman–Crippen LogP) is 2.34. The van der Waals surface area contributed by atoms with Gasteiger partial charge in [-0.05, 0) is 30.7 Å². The number of hydrogen-bond donors (Lipinski definition) is 2. The lowest BCUT2D eigenvalue weighted by molar-refractivity contribution is -0.121. The summed E-state index contributed by atoms with van der Waals surface area (Å²) in [6.07, 6.45) is 3.75. The highest BCUT2D eigenvalue weighted by Gasteiger charge is 2.01. The molecule has 4 nitrogen and oxygen atoms in total. The molecule has 18 heavy (non-hydrogen) atoms. The molecule has 0 bridgehead atoms. The second-order valence-electron chi connectivity index (χ2n) is 4.22. The standard InChI is InChI=1S/C14H22N2O2/c1-2-3-4-10-16-14(17)9-11-18-13-7-5-12(15)6-8-13/h5-8H,2-4,9-11,15H2,1H3,(H,16,17). The van der Waals surface area contributed by atoms with Gasteiger partial charge in [-0.1, -0.05) is 19.8 Å². The minimum Gasteiger partial charge on any atom is -0.493 e. The van der Waals surface area contributed by atoms with E-state index in [0.29, 0.717) is 18.7 Å².